The number of nitrogens with zero attached hydrogens (tertiary/aromatic N) is 1. The van der Waals surface area contributed by atoms with E-state index in [0.29, 0.717) is 19.0 Å². The van der Waals surface area contributed by atoms with Gasteiger partial charge in [-0.05, 0) is 30.7 Å². The number of carbonyl (C=O) groups excluding carboxylic acids is 2. The number of benzene rings is 2. The van der Waals surface area contributed by atoms with Crippen LogP contribution in [0.15, 0.2) is 60.7 Å². The Kier molecular flexibility index (Phi) is 6.05. The summed E-state index contributed by atoms with van der Waals surface area (Å²) in [6, 6.07) is 19.7. The smallest absolute Gasteiger partial charge is 0.303 e. The van der Waals surface area contributed by atoms with Gasteiger partial charge in [-0.25, -0.2) is 0 Å². The molecule has 0 N–H and O–H groups in total. The molecule has 0 aliphatic carbocycles. The van der Waals surface area contributed by atoms with Crippen molar-refractivity contribution in [1.82, 2.24) is 4.90 Å². The fourth-order valence-corrected chi connectivity index (χ4v) is 3.53. The van der Waals surface area contributed by atoms with Crippen molar-refractivity contribution in [2.24, 2.45) is 5.92 Å². The highest BCUT2D eigenvalue weighted by atomic mass is 16.5. The molecule has 1 unspecified atom stereocenters. The summed E-state index contributed by atoms with van der Waals surface area (Å²) in [7, 11) is 0. The van der Waals surface area contributed by atoms with Crippen molar-refractivity contribution in [1.29, 1.82) is 0 Å². The molecule has 1 fully saturated rings. The van der Waals surface area contributed by atoms with Crippen LogP contribution in [0, 0.1) is 5.92 Å². The van der Waals surface area contributed by atoms with E-state index in [-0.39, 0.29) is 5.91 Å². The molecule has 0 aromatic heterocycles. The third-order valence-corrected chi connectivity index (χ3v) is 4.90. The largest absolute Gasteiger partial charge is 0.447 e. The lowest BCUT2D eigenvalue weighted by Crippen LogP contribution is -2.42. The van der Waals surface area contributed by atoms with Crippen LogP contribution in [0.3, 0.4) is 0 Å². The van der Waals surface area contributed by atoms with Gasteiger partial charge in [0.15, 0.2) is 0 Å². The van der Waals surface area contributed by atoms with Crippen LogP contribution in [0.4, 0.5) is 0 Å². The summed E-state index contributed by atoms with van der Waals surface area (Å²) in [5.74, 6) is 0.0288. The Morgan fingerprint density at radius 1 is 1.00 bits per heavy atom. The summed E-state index contributed by atoms with van der Waals surface area (Å²) in [5, 5.41) is 0. The number of hydrogen-bond acceptors (Lipinski definition) is 3. The molecule has 1 amide bonds. The number of carbonyl (C=O) groups is 2. The van der Waals surface area contributed by atoms with E-state index in [1.54, 1.807) is 0 Å². The zero-order valence-electron chi connectivity index (χ0n) is 15.1. The number of ether oxygens (including phenoxy) is 1. The zero-order chi connectivity index (χ0) is 18.4. The minimum atomic E-state index is -0.848. The zero-order valence-corrected chi connectivity index (χ0v) is 15.1. The van der Waals surface area contributed by atoms with Crippen molar-refractivity contribution in [3.8, 4) is 0 Å². The highest BCUT2D eigenvalue weighted by Gasteiger charge is 2.31. The van der Waals surface area contributed by atoms with E-state index in [0.717, 1.165) is 24.8 Å². The maximum Gasteiger partial charge on any atom is 0.303 e. The van der Waals surface area contributed by atoms with Crippen molar-refractivity contribution in [3.63, 3.8) is 0 Å². The third-order valence-electron chi connectivity index (χ3n) is 4.90. The van der Waals surface area contributed by atoms with Crippen LogP contribution in [0.1, 0.15) is 37.0 Å². The van der Waals surface area contributed by atoms with Crippen LogP contribution in [-0.4, -0.2) is 29.9 Å². The molecule has 0 radical (unpaired) electrons. The van der Waals surface area contributed by atoms with E-state index < -0.39 is 12.1 Å². The molecule has 1 aliphatic heterocycles. The van der Waals surface area contributed by atoms with E-state index in [2.05, 4.69) is 24.3 Å². The molecule has 0 bridgehead atoms. The Labute approximate surface area is 154 Å². The van der Waals surface area contributed by atoms with Gasteiger partial charge in [0.2, 0.25) is 6.10 Å². The van der Waals surface area contributed by atoms with Gasteiger partial charge in [-0.15, -0.1) is 0 Å². The number of hydrogen-bond donors (Lipinski definition) is 0. The van der Waals surface area contributed by atoms with Gasteiger partial charge in [0, 0.05) is 25.6 Å². The number of piperidine rings is 1. The predicted octanol–water partition coefficient (Wildman–Crippen LogP) is 3.77. The van der Waals surface area contributed by atoms with Crippen LogP contribution in [0.5, 0.6) is 0 Å². The average molecular weight is 351 g/mol. The van der Waals surface area contributed by atoms with Crippen molar-refractivity contribution in [2.75, 3.05) is 13.1 Å². The van der Waals surface area contributed by atoms with Gasteiger partial charge < -0.3 is 9.64 Å². The second kappa shape index (κ2) is 8.65. The van der Waals surface area contributed by atoms with E-state index in [9.17, 15) is 9.59 Å². The Balaban J connectivity index is 1.61. The van der Waals surface area contributed by atoms with Gasteiger partial charge in [0.1, 0.15) is 0 Å². The van der Waals surface area contributed by atoms with E-state index >= 15 is 0 Å². The number of likely N-dealkylation sites (tertiary alicyclic amines) is 1. The Hall–Kier alpha value is -2.62. The second-order valence-electron chi connectivity index (χ2n) is 6.86. The summed E-state index contributed by atoms with van der Waals surface area (Å²) in [5.41, 5.74) is 2.07. The number of amides is 1. The lowest BCUT2D eigenvalue weighted by atomic mass is 9.90. The summed E-state index contributed by atoms with van der Waals surface area (Å²) >= 11 is 0. The molecule has 1 heterocycles. The molecule has 136 valence electrons. The van der Waals surface area contributed by atoms with E-state index in [1.807, 2.05) is 41.3 Å². The highest BCUT2D eigenvalue weighted by molar-refractivity contribution is 5.84. The maximum atomic E-state index is 12.9. The molecule has 4 heteroatoms. The Bertz CT molecular complexity index is 722. The molecule has 1 atom stereocenters. The third kappa shape index (κ3) is 4.72. The minimum Gasteiger partial charge on any atom is -0.447 e. The molecular formula is C22H25NO3. The van der Waals surface area contributed by atoms with Gasteiger partial charge in [-0.1, -0.05) is 60.7 Å². The standard InChI is InChI=1S/C22H25NO3/c1-17(24)26-21(20-10-6-3-7-11-20)22(25)23-14-12-19(13-15-23)16-18-8-4-2-5-9-18/h2-11,19,21H,12-16H2,1H3. The number of esters is 1. The maximum absolute atomic E-state index is 12.9. The molecule has 1 aliphatic rings. The first-order valence-corrected chi connectivity index (χ1v) is 9.18. The molecule has 2 aromatic rings. The Morgan fingerprint density at radius 2 is 1.58 bits per heavy atom. The van der Waals surface area contributed by atoms with E-state index in [1.165, 1.54) is 12.5 Å². The van der Waals surface area contributed by atoms with Crippen molar-refractivity contribution in [2.45, 2.75) is 32.3 Å². The quantitative estimate of drug-likeness (QED) is 0.771. The molecule has 0 spiro atoms. The summed E-state index contributed by atoms with van der Waals surface area (Å²) in [6.07, 6.45) is 2.15. The monoisotopic (exact) mass is 351 g/mol. The predicted molar refractivity (Wildman–Crippen MR) is 100 cm³/mol. The molecule has 3 rings (SSSR count). The fraction of sp³-hybridized carbons (Fsp3) is 0.364. The topological polar surface area (TPSA) is 46.6 Å². The first kappa shape index (κ1) is 18.2. The van der Waals surface area contributed by atoms with Gasteiger partial charge >= 0.3 is 5.97 Å². The number of rotatable bonds is 5. The van der Waals surface area contributed by atoms with E-state index in [4.69, 9.17) is 4.74 Å². The molecule has 0 saturated carbocycles. The van der Waals surface area contributed by atoms with Gasteiger partial charge in [-0.2, -0.15) is 0 Å². The first-order valence-electron chi connectivity index (χ1n) is 9.18. The van der Waals surface area contributed by atoms with Crippen LogP contribution >= 0.6 is 0 Å². The summed E-state index contributed by atoms with van der Waals surface area (Å²) in [4.78, 5) is 26.3. The first-order chi connectivity index (χ1) is 12.6. The van der Waals surface area contributed by atoms with Crippen LogP contribution in [-0.2, 0) is 20.7 Å². The highest BCUT2D eigenvalue weighted by Crippen LogP contribution is 2.26. The van der Waals surface area contributed by atoms with Gasteiger partial charge in [0.05, 0.1) is 0 Å². The Morgan fingerprint density at radius 3 is 2.15 bits per heavy atom. The molecule has 4 nitrogen and oxygen atoms in total. The van der Waals surface area contributed by atoms with Gasteiger partial charge in [-0.3, -0.25) is 9.59 Å². The van der Waals surface area contributed by atoms with Crippen LogP contribution in [0.25, 0.3) is 0 Å². The van der Waals surface area contributed by atoms with Crippen molar-refractivity contribution in [3.05, 3.63) is 71.8 Å². The lowest BCUT2D eigenvalue weighted by Gasteiger charge is -2.34. The van der Waals surface area contributed by atoms with Crippen LogP contribution < -0.4 is 0 Å². The van der Waals surface area contributed by atoms with Crippen molar-refractivity contribution < 1.29 is 14.3 Å². The molecule has 1 saturated heterocycles. The summed E-state index contributed by atoms with van der Waals surface area (Å²) in [6.45, 7) is 2.76. The minimum absolute atomic E-state index is 0.121. The fourth-order valence-electron chi connectivity index (χ4n) is 3.53. The SMILES string of the molecule is CC(=O)OC(C(=O)N1CCC(Cc2ccccc2)CC1)c1ccccc1. The average Bonchev–Trinajstić information content (AvgIpc) is 2.67. The lowest BCUT2D eigenvalue weighted by molar-refractivity contribution is -0.160. The summed E-state index contributed by atoms with van der Waals surface area (Å²) < 4.78 is 5.34. The molecular weight excluding hydrogens is 326 g/mol. The van der Waals surface area contributed by atoms with Crippen molar-refractivity contribution >= 4 is 11.9 Å². The molecule has 2 aromatic carbocycles. The van der Waals surface area contributed by atoms with Gasteiger partial charge in [0.25, 0.3) is 5.91 Å². The second-order valence-corrected chi connectivity index (χ2v) is 6.86. The normalized spacial score (nSPS) is 16.1. The molecule has 26 heavy (non-hydrogen) atoms. The van der Waals surface area contributed by atoms with Crippen LogP contribution in [0.2, 0.25) is 0 Å².